The number of aryl methyl sites for hydroxylation is 1. The molecule has 0 aliphatic rings. The van der Waals surface area contributed by atoms with Crippen LogP contribution < -0.4 is 10.1 Å². The standard InChI is InChI=1S/C14H23NOS/c1-5-13(10-17-4)15-9-12-8-11(2)6-7-14(12)16-3/h6-8,13,15H,5,9-10H2,1-4H3. The first-order valence-electron chi connectivity index (χ1n) is 6.07. The van der Waals surface area contributed by atoms with Crippen molar-refractivity contribution in [1.82, 2.24) is 5.32 Å². The molecule has 3 heteroatoms. The average Bonchev–Trinajstić information content (AvgIpc) is 2.34. The molecule has 1 aromatic carbocycles. The Balaban J connectivity index is 2.63. The van der Waals surface area contributed by atoms with Crippen molar-refractivity contribution < 1.29 is 4.74 Å². The highest BCUT2D eigenvalue weighted by molar-refractivity contribution is 7.98. The highest BCUT2D eigenvalue weighted by Gasteiger charge is 2.07. The van der Waals surface area contributed by atoms with Crippen LogP contribution in [0, 0.1) is 6.92 Å². The maximum Gasteiger partial charge on any atom is 0.123 e. The van der Waals surface area contributed by atoms with Crippen LogP contribution in [0.2, 0.25) is 0 Å². The van der Waals surface area contributed by atoms with Gasteiger partial charge in [0.2, 0.25) is 0 Å². The van der Waals surface area contributed by atoms with Crippen LogP contribution in [0.4, 0.5) is 0 Å². The Morgan fingerprint density at radius 2 is 2.18 bits per heavy atom. The van der Waals surface area contributed by atoms with Gasteiger partial charge in [0.25, 0.3) is 0 Å². The van der Waals surface area contributed by atoms with Crippen molar-refractivity contribution in [2.24, 2.45) is 0 Å². The van der Waals surface area contributed by atoms with Crippen LogP contribution in [0.15, 0.2) is 18.2 Å². The van der Waals surface area contributed by atoms with Gasteiger partial charge in [0.15, 0.2) is 0 Å². The van der Waals surface area contributed by atoms with Crippen molar-refractivity contribution in [1.29, 1.82) is 0 Å². The van der Waals surface area contributed by atoms with Gasteiger partial charge in [-0.05, 0) is 25.7 Å². The van der Waals surface area contributed by atoms with Crippen LogP contribution in [0.5, 0.6) is 5.75 Å². The Bertz CT molecular complexity index is 341. The molecule has 0 fully saturated rings. The van der Waals surface area contributed by atoms with Crippen LogP contribution >= 0.6 is 11.8 Å². The Morgan fingerprint density at radius 3 is 2.76 bits per heavy atom. The summed E-state index contributed by atoms with van der Waals surface area (Å²) in [5.74, 6) is 2.13. The van der Waals surface area contributed by atoms with E-state index in [4.69, 9.17) is 4.74 Å². The number of benzene rings is 1. The van der Waals surface area contributed by atoms with E-state index in [0.29, 0.717) is 6.04 Å². The molecule has 0 aromatic heterocycles. The summed E-state index contributed by atoms with van der Waals surface area (Å²) in [6.07, 6.45) is 3.31. The molecule has 1 atom stereocenters. The van der Waals surface area contributed by atoms with Gasteiger partial charge < -0.3 is 10.1 Å². The molecule has 0 amide bonds. The quantitative estimate of drug-likeness (QED) is 0.806. The van der Waals surface area contributed by atoms with Crippen LogP contribution in [0.25, 0.3) is 0 Å². The Morgan fingerprint density at radius 1 is 1.41 bits per heavy atom. The first-order chi connectivity index (χ1) is 8.21. The molecule has 17 heavy (non-hydrogen) atoms. The van der Waals surface area contributed by atoms with Gasteiger partial charge in [0, 0.05) is 23.9 Å². The summed E-state index contributed by atoms with van der Waals surface area (Å²) in [5.41, 5.74) is 2.52. The number of thioether (sulfide) groups is 1. The van der Waals surface area contributed by atoms with E-state index in [2.05, 4.69) is 37.6 Å². The van der Waals surface area contributed by atoms with Gasteiger partial charge in [0.1, 0.15) is 5.75 Å². The summed E-state index contributed by atoms with van der Waals surface area (Å²) in [5, 5.41) is 3.59. The summed E-state index contributed by atoms with van der Waals surface area (Å²) < 4.78 is 5.38. The lowest BCUT2D eigenvalue weighted by atomic mass is 10.1. The summed E-state index contributed by atoms with van der Waals surface area (Å²) in [4.78, 5) is 0. The fraction of sp³-hybridized carbons (Fsp3) is 0.571. The van der Waals surface area contributed by atoms with Crippen molar-refractivity contribution in [3.8, 4) is 5.75 Å². The fourth-order valence-electron chi connectivity index (χ4n) is 1.82. The first-order valence-corrected chi connectivity index (χ1v) is 7.46. The van der Waals surface area contributed by atoms with E-state index in [1.54, 1.807) is 7.11 Å². The molecule has 0 aliphatic heterocycles. The van der Waals surface area contributed by atoms with Crippen LogP contribution in [-0.4, -0.2) is 25.2 Å². The third kappa shape index (κ3) is 4.60. The summed E-state index contributed by atoms with van der Waals surface area (Å²) in [6, 6.07) is 6.90. The number of rotatable bonds is 7. The Hall–Kier alpha value is -0.670. The summed E-state index contributed by atoms with van der Waals surface area (Å²) in [6.45, 7) is 5.22. The molecule has 0 spiro atoms. The van der Waals surface area contributed by atoms with Crippen molar-refractivity contribution in [3.05, 3.63) is 29.3 Å². The van der Waals surface area contributed by atoms with Gasteiger partial charge in [-0.1, -0.05) is 24.6 Å². The Kier molecular flexibility index (Phi) is 6.45. The van der Waals surface area contributed by atoms with Crippen molar-refractivity contribution in [3.63, 3.8) is 0 Å². The molecule has 1 N–H and O–H groups in total. The average molecular weight is 253 g/mol. The zero-order chi connectivity index (χ0) is 12.7. The van der Waals surface area contributed by atoms with E-state index in [1.165, 1.54) is 11.1 Å². The molecule has 2 nitrogen and oxygen atoms in total. The summed E-state index contributed by atoms with van der Waals surface area (Å²) in [7, 11) is 1.73. The van der Waals surface area contributed by atoms with E-state index in [0.717, 1.165) is 24.5 Å². The maximum atomic E-state index is 5.38. The lowest BCUT2D eigenvalue weighted by Crippen LogP contribution is -2.30. The number of nitrogens with one attached hydrogen (secondary N) is 1. The van der Waals surface area contributed by atoms with E-state index in [9.17, 15) is 0 Å². The third-order valence-corrected chi connectivity index (χ3v) is 3.61. The predicted octanol–water partition coefficient (Wildman–Crippen LogP) is 3.23. The topological polar surface area (TPSA) is 21.3 Å². The Labute approximate surface area is 109 Å². The molecule has 1 rings (SSSR count). The second-order valence-corrected chi connectivity index (χ2v) is 5.17. The molecular weight excluding hydrogens is 230 g/mol. The highest BCUT2D eigenvalue weighted by atomic mass is 32.2. The predicted molar refractivity (Wildman–Crippen MR) is 77.0 cm³/mol. The molecule has 0 saturated heterocycles. The van der Waals surface area contributed by atoms with Gasteiger partial charge >= 0.3 is 0 Å². The van der Waals surface area contributed by atoms with Gasteiger partial charge in [-0.3, -0.25) is 0 Å². The molecule has 96 valence electrons. The van der Waals surface area contributed by atoms with E-state index >= 15 is 0 Å². The number of methoxy groups -OCH3 is 1. The molecule has 0 radical (unpaired) electrons. The van der Waals surface area contributed by atoms with Crippen LogP contribution in [0.1, 0.15) is 24.5 Å². The zero-order valence-corrected chi connectivity index (χ0v) is 12.1. The largest absolute Gasteiger partial charge is 0.496 e. The van der Waals surface area contributed by atoms with Gasteiger partial charge in [0.05, 0.1) is 7.11 Å². The number of hydrogen-bond donors (Lipinski definition) is 1. The minimum Gasteiger partial charge on any atom is -0.496 e. The molecule has 0 aliphatic carbocycles. The maximum absolute atomic E-state index is 5.38. The van der Waals surface area contributed by atoms with E-state index < -0.39 is 0 Å². The minimum absolute atomic E-state index is 0.579. The van der Waals surface area contributed by atoms with E-state index in [1.807, 2.05) is 17.8 Å². The lowest BCUT2D eigenvalue weighted by molar-refractivity contribution is 0.405. The smallest absolute Gasteiger partial charge is 0.123 e. The fourth-order valence-corrected chi connectivity index (χ4v) is 2.58. The number of hydrogen-bond acceptors (Lipinski definition) is 3. The van der Waals surface area contributed by atoms with E-state index in [-0.39, 0.29) is 0 Å². The normalized spacial score (nSPS) is 12.5. The molecule has 0 heterocycles. The minimum atomic E-state index is 0.579. The lowest BCUT2D eigenvalue weighted by Gasteiger charge is -2.17. The molecule has 0 saturated carbocycles. The molecular formula is C14H23NOS. The van der Waals surface area contributed by atoms with Crippen LogP contribution in [-0.2, 0) is 6.54 Å². The van der Waals surface area contributed by atoms with Crippen molar-refractivity contribution in [2.75, 3.05) is 19.1 Å². The van der Waals surface area contributed by atoms with Crippen molar-refractivity contribution in [2.45, 2.75) is 32.9 Å². The molecule has 0 bridgehead atoms. The third-order valence-electron chi connectivity index (χ3n) is 2.88. The first kappa shape index (κ1) is 14.4. The number of ether oxygens (including phenoxy) is 1. The highest BCUT2D eigenvalue weighted by Crippen LogP contribution is 2.19. The second-order valence-electron chi connectivity index (χ2n) is 4.26. The van der Waals surface area contributed by atoms with Gasteiger partial charge in [-0.25, -0.2) is 0 Å². The zero-order valence-electron chi connectivity index (χ0n) is 11.2. The monoisotopic (exact) mass is 253 g/mol. The SMILES string of the molecule is CCC(CSC)NCc1cc(C)ccc1OC. The van der Waals surface area contributed by atoms with Gasteiger partial charge in [-0.15, -0.1) is 0 Å². The molecule has 1 aromatic rings. The second kappa shape index (κ2) is 7.62. The summed E-state index contributed by atoms with van der Waals surface area (Å²) >= 11 is 1.89. The van der Waals surface area contributed by atoms with Gasteiger partial charge in [-0.2, -0.15) is 11.8 Å². The molecule has 1 unspecified atom stereocenters. The van der Waals surface area contributed by atoms with Crippen molar-refractivity contribution >= 4 is 11.8 Å². The van der Waals surface area contributed by atoms with Crippen LogP contribution in [0.3, 0.4) is 0 Å².